The number of fused-ring (bicyclic) bond motifs is 1. The van der Waals surface area contributed by atoms with Crippen LogP contribution in [0.4, 0.5) is 0 Å². The van der Waals surface area contributed by atoms with Gasteiger partial charge in [-0.2, -0.15) is 0 Å². The van der Waals surface area contributed by atoms with Crippen molar-refractivity contribution in [2.75, 3.05) is 33.2 Å². The van der Waals surface area contributed by atoms with E-state index in [9.17, 15) is 9.59 Å². The lowest BCUT2D eigenvalue weighted by atomic mass is 10.1. The molecule has 0 radical (unpaired) electrons. The molecule has 1 saturated heterocycles. The van der Waals surface area contributed by atoms with Gasteiger partial charge in [-0.15, -0.1) is 0 Å². The van der Waals surface area contributed by atoms with Gasteiger partial charge in [0.25, 0.3) is 11.5 Å². The lowest BCUT2D eigenvalue weighted by Crippen LogP contribution is -2.48. The zero-order valence-electron chi connectivity index (χ0n) is 14.7. The molecule has 0 saturated carbocycles. The summed E-state index contributed by atoms with van der Waals surface area (Å²) in [6.07, 6.45) is 0.820. The van der Waals surface area contributed by atoms with Crippen molar-refractivity contribution in [3.8, 4) is 0 Å². The maximum atomic E-state index is 13.0. The number of piperazine rings is 1. The second-order valence-corrected chi connectivity index (χ2v) is 6.67. The molecule has 0 unspecified atom stereocenters. The number of hydrogen-bond acceptors (Lipinski definition) is 3. The summed E-state index contributed by atoms with van der Waals surface area (Å²) in [5, 5.41) is 1.54. The highest BCUT2D eigenvalue weighted by atomic mass is 16.2. The highest BCUT2D eigenvalue weighted by molar-refractivity contribution is 5.97. The molecular formula is C19H25N3O2. The maximum Gasteiger partial charge on any atom is 0.270 e. The Hall–Kier alpha value is -2.14. The number of benzene rings is 1. The van der Waals surface area contributed by atoms with E-state index in [-0.39, 0.29) is 11.5 Å². The summed E-state index contributed by atoms with van der Waals surface area (Å²) in [5.41, 5.74) is 1.51. The van der Waals surface area contributed by atoms with Crippen molar-refractivity contribution in [1.82, 2.24) is 14.4 Å². The molecule has 2 aromatic rings. The van der Waals surface area contributed by atoms with Crippen molar-refractivity contribution in [2.45, 2.75) is 26.8 Å². The number of likely N-dealkylation sites (N-methyl/N-ethyl adjacent to an activating group) is 1. The number of nitrogens with zero attached hydrogens (tertiary/aromatic N) is 3. The van der Waals surface area contributed by atoms with Crippen LogP contribution in [0.25, 0.3) is 10.8 Å². The Balaban J connectivity index is 2.08. The minimum absolute atomic E-state index is 0.0314. The molecule has 0 N–H and O–H groups in total. The topological polar surface area (TPSA) is 45.6 Å². The van der Waals surface area contributed by atoms with E-state index in [1.807, 2.05) is 43.0 Å². The number of carbonyl (C=O) groups is 1. The number of rotatable bonds is 3. The van der Waals surface area contributed by atoms with E-state index in [0.717, 1.165) is 30.5 Å². The van der Waals surface area contributed by atoms with Crippen LogP contribution in [0.3, 0.4) is 0 Å². The molecule has 0 atom stereocenters. The van der Waals surface area contributed by atoms with E-state index in [0.29, 0.717) is 30.7 Å². The van der Waals surface area contributed by atoms with Crippen LogP contribution >= 0.6 is 0 Å². The number of amides is 1. The first-order chi connectivity index (χ1) is 11.5. The van der Waals surface area contributed by atoms with Crippen LogP contribution in [-0.4, -0.2) is 53.5 Å². The Kier molecular flexibility index (Phi) is 4.71. The average molecular weight is 327 g/mol. The standard InChI is InChI=1S/C19H25N3O2/c1-4-7-22-17(19(24)21-10-8-20(3)9-11-21)13-15-6-5-14(2)12-16(15)18(22)23/h5-6,12-13H,4,7-11H2,1-3H3. The lowest BCUT2D eigenvalue weighted by molar-refractivity contribution is 0.0652. The third-order valence-corrected chi connectivity index (χ3v) is 4.72. The van der Waals surface area contributed by atoms with Crippen molar-refractivity contribution >= 4 is 16.7 Å². The summed E-state index contributed by atoms with van der Waals surface area (Å²) < 4.78 is 1.66. The molecule has 1 fully saturated rings. The van der Waals surface area contributed by atoms with Crippen molar-refractivity contribution in [2.24, 2.45) is 0 Å². The quantitative estimate of drug-likeness (QED) is 0.867. The molecule has 3 rings (SSSR count). The van der Waals surface area contributed by atoms with Gasteiger partial charge in [0.1, 0.15) is 5.69 Å². The first-order valence-electron chi connectivity index (χ1n) is 8.63. The molecule has 2 heterocycles. The van der Waals surface area contributed by atoms with Gasteiger partial charge in [-0.1, -0.05) is 24.6 Å². The third kappa shape index (κ3) is 3.08. The predicted octanol–water partition coefficient (Wildman–Crippen LogP) is 2.11. The van der Waals surface area contributed by atoms with Gasteiger partial charge in [-0.25, -0.2) is 0 Å². The van der Waals surface area contributed by atoms with Crippen LogP contribution in [0.2, 0.25) is 0 Å². The minimum Gasteiger partial charge on any atom is -0.335 e. The van der Waals surface area contributed by atoms with Gasteiger partial charge in [0.2, 0.25) is 0 Å². The third-order valence-electron chi connectivity index (χ3n) is 4.72. The van der Waals surface area contributed by atoms with Crippen LogP contribution < -0.4 is 5.56 Å². The molecule has 1 amide bonds. The molecule has 0 aliphatic carbocycles. The highest BCUT2D eigenvalue weighted by Gasteiger charge is 2.23. The van der Waals surface area contributed by atoms with Gasteiger partial charge < -0.3 is 14.4 Å². The van der Waals surface area contributed by atoms with Crippen LogP contribution in [0.15, 0.2) is 29.1 Å². The average Bonchev–Trinajstić information content (AvgIpc) is 2.58. The van der Waals surface area contributed by atoms with Gasteiger partial charge in [0, 0.05) is 38.1 Å². The summed E-state index contributed by atoms with van der Waals surface area (Å²) in [4.78, 5) is 30.0. The molecule has 5 heteroatoms. The molecule has 128 valence electrons. The van der Waals surface area contributed by atoms with E-state index >= 15 is 0 Å². The van der Waals surface area contributed by atoms with E-state index in [1.165, 1.54) is 0 Å². The van der Waals surface area contributed by atoms with Crippen molar-refractivity contribution in [3.63, 3.8) is 0 Å². The first kappa shape index (κ1) is 16.7. The Labute approximate surface area is 142 Å². The van der Waals surface area contributed by atoms with E-state index in [4.69, 9.17) is 0 Å². The smallest absolute Gasteiger partial charge is 0.270 e. The van der Waals surface area contributed by atoms with Crippen molar-refractivity contribution in [3.05, 3.63) is 45.9 Å². The van der Waals surface area contributed by atoms with Crippen LogP contribution in [0.5, 0.6) is 0 Å². The fourth-order valence-electron chi connectivity index (χ4n) is 3.26. The Morgan fingerprint density at radius 1 is 1.12 bits per heavy atom. The lowest BCUT2D eigenvalue weighted by Gasteiger charge is -2.33. The molecule has 24 heavy (non-hydrogen) atoms. The van der Waals surface area contributed by atoms with Crippen molar-refractivity contribution < 1.29 is 4.79 Å². The molecule has 5 nitrogen and oxygen atoms in total. The zero-order chi connectivity index (χ0) is 17.3. The molecule has 1 aliphatic rings. The molecule has 0 bridgehead atoms. The summed E-state index contributed by atoms with van der Waals surface area (Å²) in [6, 6.07) is 7.71. The van der Waals surface area contributed by atoms with Gasteiger partial charge >= 0.3 is 0 Å². The largest absolute Gasteiger partial charge is 0.335 e. The Bertz CT molecular complexity index is 817. The number of aromatic nitrogens is 1. The van der Waals surface area contributed by atoms with Gasteiger partial charge in [0.05, 0.1) is 0 Å². The van der Waals surface area contributed by atoms with Crippen LogP contribution in [0.1, 0.15) is 29.4 Å². The Morgan fingerprint density at radius 3 is 2.50 bits per heavy atom. The molecule has 1 aliphatic heterocycles. The van der Waals surface area contributed by atoms with E-state index in [2.05, 4.69) is 11.9 Å². The van der Waals surface area contributed by atoms with Gasteiger partial charge in [-0.3, -0.25) is 9.59 Å². The first-order valence-corrected chi connectivity index (χ1v) is 8.63. The van der Waals surface area contributed by atoms with E-state index < -0.39 is 0 Å². The molecule has 1 aromatic carbocycles. The SMILES string of the molecule is CCCn1c(C(=O)N2CCN(C)CC2)cc2ccc(C)cc2c1=O. The van der Waals surface area contributed by atoms with Crippen LogP contribution in [-0.2, 0) is 6.54 Å². The summed E-state index contributed by atoms with van der Waals surface area (Å²) in [7, 11) is 2.06. The summed E-state index contributed by atoms with van der Waals surface area (Å²) >= 11 is 0. The fourth-order valence-corrected chi connectivity index (χ4v) is 3.26. The number of pyridine rings is 1. The zero-order valence-corrected chi connectivity index (χ0v) is 14.7. The number of hydrogen-bond donors (Lipinski definition) is 0. The second kappa shape index (κ2) is 6.77. The Morgan fingerprint density at radius 2 is 1.83 bits per heavy atom. The fraction of sp³-hybridized carbons (Fsp3) is 0.474. The molecule has 1 aromatic heterocycles. The van der Waals surface area contributed by atoms with E-state index in [1.54, 1.807) is 4.57 Å². The monoisotopic (exact) mass is 327 g/mol. The van der Waals surface area contributed by atoms with Crippen LogP contribution in [0, 0.1) is 6.92 Å². The minimum atomic E-state index is -0.0597. The highest BCUT2D eigenvalue weighted by Crippen LogP contribution is 2.17. The van der Waals surface area contributed by atoms with Gasteiger partial charge in [0.15, 0.2) is 0 Å². The molecule has 0 spiro atoms. The second-order valence-electron chi connectivity index (χ2n) is 6.67. The predicted molar refractivity (Wildman–Crippen MR) is 96.6 cm³/mol. The van der Waals surface area contributed by atoms with Crippen molar-refractivity contribution in [1.29, 1.82) is 0 Å². The maximum absolute atomic E-state index is 13.0. The molecular weight excluding hydrogens is 302 g/mol. The number of aryl methyl sites for hydroxylation is 1. The van der Waals surface area contributed by atoms with Gasteiger partial charge in [-0.05, 0) is 37.9 Å². The number of carbonyl (C=O) groups excluding carboxylic acids is 1. The summed E-state index contributed by atoms with van der Waals surface area (Å²) in [6.45, 7) is 7.73. The summed E-state index contributed by atoms with van der Waals surface area (Å²) in [5.74, 6) is -0.0314. The normalized spacial score (nSPS) is 15.9.